The van der Waals surface area contributed by atoms with Crippen molar-refractivity contribution in [3.05, 3.63) is 11.3 Å². The molecule has 7 heteroatoms. The number of allylic oxidation sites excluding steroid dienone is 1. The maximum Gasteiger partial charge on any atom is 0.431 e. The highest BCUT2D eigenvalue weighted by molar-refractivity contribution is 5.92. The van der Waals surface area contributed by atoms with Gasteiger partial charge in [-0.25, -0.2) is 9.59 Å². The number of alkyl halides is 3. The summed E-state index contributed by atoms with van der Waals surface area (Å²) < 4.78 is 37.2. The summed E-state index contributed by atoms with van der Waals surface area (Å²) in [5.74, 6) is -0.819. The van der Waals surface area contributed by atoms with Gasteiger partial charge in [-0.1, -0.05) is 0 Å². The fourth-order valence-corrected chi connectivity index (χ4v) is 1.86. The molecule has 1 aliphatic heterocycles. The molecule has 0 aromatic heterocycles. The highest BCUT2D eigenvalue weighted by Crippen LogP contribution is 2.34. The van der Waals surface area contributed by atoms with Gasteiger partial charge >= 0.3 is 18.5 Å². The molecule has 16 heavy (non-hydrogen) atoms. The predicted octanol–water partition coefficient (Wildman–Crippen LogP) is 0.855. The first-order valence-electron chi connectivity index (χ1n) is 4.49. The molecule has 1 rings (SSSR count). The first-order valence-corrected chi connectivity index (χ1v) is 4.49. The van der Waals surface area contributed by atoms with Crippen molar-refractivity contribution in [3.63, 3.8) is 0 Å². The molecule has 0 radical (unpaired) electrons. The van der Waals surface area contributed by atoms with Crippen molar-refractivity contribution in [1.29, 1.82) is 0 Å². The van der Waals surface area contributed by atoms with Crippen LogP contribution in [0, 0.1) is 0 Å². The van der Waals surface area contributed by atoms with Gasteiger partial charge in [-0.05, 0) is 6.92 Å². The number of carbonyl (C=O) groups is 2. The van der Waals surface area contributed by atoms with Crippen LogP contribution in [0.25, 0.3) is 0 Å². The van der Waals surface area contributed by atoms with E-state index in [0.717, 1.165) is 11.8 Å². The maximum absolute atomic E-state index is 12.6. The lowest BCUT2D eigenvalue weighted by Gasteiger charge is -2.37. The summed E-state index contributed by atoms with van der Waals surface area (Å²) in [6, 6.07) is 0. The summed E-state index contributed by atoms with van der Waals surface area (Å²) in [5.41, 5.74) is -1.41. The first-order chi connectivity index (χ1) is 7.13. The molecule has 0 fully saturated rings. The van der Waals surface area contributed by atoms with Crippen molar-refractivity contribution < 1.29 is 27.2 Å². The van der Waals surface area contributed by atoms with Crippen molar-refractivity contribution in [2.45, 2.75) is 13.1 Å². The summed E-state index contributed by atoms with van der Waals surface area (Å²) in [6.07, 6.45) is -4.24. The van der Waals surface area contributed by atoms with Gasteiger partial charge in [0.1, 0.15) is 5.70 Å². The van der Waals surface area contributed by atoms with Gasteiger partial charge in [0.25, 0.3) is 0 Å². The van der Waals surface area contributed by atoms with Gasteiger partial charge in [0.15, 0.2) is 6.67 Å². The average Bonchev–Trinajstić information content (AvgIpc) is 2.12. The maximum atomic E-state index is 12.6. The van der Waals surface area contributed by atoms with Crippen molar-refractivity contribution in [2.75, 3.05) is 20.8 Å². The number of quaternary nitrogens is 1. The standard InChI is InChI=1S/C9H12F3N2O2/c1-6-7(9(10,11)12)13(2)4-14(3,5-15)8(6)16/h5H,4H2,1-3H3/q+1. The summed E-state index contributed by atoms with van der Waals surface area (Å²) in [5, 5.41) is 0. The molecule has 0 N–H and O–H groups in total. The van der Waals surface area contributed by atoms with Crippen LogP contribution in [0.15, 0.2) is 11.3 Å². The highest BCUT2D eigenvalue weighted by Gasteiger charge is 2.49. The quantitative estimate of drug-likeness (QED) is 0.501. The first kappa shape index (κ1) is 12.7. The molecule has 0 saturated heterocycles. The van der Waals surface area contributed by atoms with Crippen LogP contribution >= 0.6 is 0 Å². The van der Waals surface area contributed by atoms with E-state index in [-0.39, 0.29) is 6.67 Å². The van der Waals surface area contributed by atoms with Gasteiger partial charge in [-0.3, -0.25) is 0 Å². The molecule has 0 aromatic carbocycles. The van der Waals surface area contributed by atoms with E-state index in [1.54, 1.807) is 0 Å². The van der Waals surface area contributed by atoms with Gasteiger partial charge in [0.2, 0.25) is 0 Å². The van der Waals surface area contributed by atoms with E-state index in [2.05, 4.69) is 0 Å². The molecule has 0 aromatic rings. The molecule has 0 saturated carbocycles. The van der Waals surface area contributed by atoms with Crippen LogP contribution in [0.4, 0.5) is 13.2 Å². The minimum absolute atomic E-state index is 0.311. The number of nitrogens with zero attached hydrogens (tertiary/aromatic N) is 2. The zero-order chi connectivity index (χ0) is 12.7. The monoisotopic (exact) mass is 237 g/mol. The van der Waals surface area contributed by atoms with Gasteiger partial charge in [-0.2, -0.15) is 17.7 Å². The van der Waals surface area contributed by atoms with Gasteiger partial charge < -0.3 is 4.90 Å². The number of likely N-dealkylation sites (N-methyl/N-ethyl adjacent to an activating group) is 1. The van der Waals surface area contributed by atoms with Gasteiger partial charge in [0.05, 0.1) is 12.6 Å². The van der Waals surface area contributed by atoms with Crippen LogP contribution in [-0.2, 0) is 9.59 Å². The lowest BCUT2D eigenvalue weighted by molar-refractivity contribution is -0.759. The minimum Gasteiger partial charge on any atom is -0.323 e. The summed E-state index contributed by atoms with van der Waals surface area (Å²) >= 11 is 0. The van der Waals surface area contributed by atoms with Crippen LogP contribution < -0.4 is 0 Å². The number of amides is 2. The summed E-state index contributed by atoms with van der Waals surface area (Å²) in [7, 11) is 2.49. The van der Waals surface area contributed by atoms with Gasteiger partial charge in [-0.15, -0.1) is 0 Å². The molecule has 1 atom stereocenters. The van der Waals surface area contributed by atoms with Crippen LogP contribution in [-0.4, -0.2) is 48.6 Å². The third kappa shape index (κ3) is 1.82. The van der Waals surface area contributed by atoms with E-state index < -0.39 is 27.8 Å². The molecule has 0 aliphatic carbocycles. The fraction of sp³-hybridized carbons (Fsp3) is 0.556. The predicted molar refractivity (Wildman–Crippen MR) is 48.6 cm³/mol. The SMILES string of the molecule is CC1=C(C(F)(F)F)N(C)C[N+](C)(C=O)C1=O. The van der Waals surface area contributed by atoms with E-state index >= 15 is 0 Å². The third-order valence-corrected chi connectivity index (χ3v) is 2.53. The molecule has 0 bridgehead atoms. The Morgan fingerprint density at radius 2 is 1.94 bits per heavy atom. The Morgan fingerprint density at radius 1 is 1.44 bits per heavy atom. The van der Waals surface area contributed by atoms with Crippen LogP contribution in [0.1, 0.15) is 6.92 Å². The smallest absolute Gasteiger partial charge is 0.323 e. The molecular formula is C9H12F3N2O2+. The molecule has 1 unspecified atom stereocenters. The molecule has 4 nitrogen and oxygen atoms in total. The van der Waals surface area contributed by atoms with Crippen LogP contribution in [0.3, 0.4) is 0 Å². The number of imide groups is 1. The fourth-order valence-electron chi connectivity index (χ4n) is 1.86. The molecular weight excluding hydrogens is 225 g/mol. The Hall–Kier alpha value is -1.37. The number of halogens is 3. The zero-order valence-electron chi connectivity index (χ0n) is 9.13. The van der Waals surface area contributed by atoms with Crippen molar-refractivity contribution in [3.8, 4) is 0 Å². The minimum atomic E-state index is -4.58. The Labute approximate surface area is 90.5 Å². The third-order valence-electron chi connectivity index (χ3n) is 2.53. The zero-order valence-corrected chi connectivity index (χ0v) is 9.13. The lowest BCUT2D eigenvalue weighted by Crippen LogP contribution is -2.58. The van der Waals surface area contributed by atoms with E-state index in [0.29, 0.717) is 6.41 Å². The molecule has 1 aliphatic rings. The Balaban J connectivity index is 3.33. The van der Waals surface area contributed by atoms with E-state index in [9.17, 15) is 22.8 Å². The topological polar surface area (TPSA) is 37.4 Å². The molecule has 90 valence electrons. The van der Waals surface area contributed by atoms with E-state index in [1.165, 1.54) is 14.1 Å². The van der Waals surface area contributed by atoms with Crippen LogP contribution in [0.5, 0.6) is 0 Å². The molecule has 1 heterocycles. The summed E-state index contributed by atoms with van der Waals surface area (Å²) in [6.45, 7) is 0.773. The Bertz CT molecular complexity index is 375. The summed E-state index contributed by atoms with van der Waals surface area (Å²) in [4.78, 5) is 23.3. The second-order valence-corrected chi connectivity index (χ2v) is 3.99. The molecule has 0 spiro atoms. The average molecular weight is 237 g/mol. The Kier molecular flexibility index (Phi) is 2.84. The number of hydrogen-bond acceptors (Lipinski definition) is 3. The van der Waals surface area contributed by atoms with E-state index in [4.69, 9.17) is 0 Å². The van der Waals surface area contributed by atoms with E-state index in [1.807, 2.05) is 0 Å². The lowest BCUT2D eigenvalue weighted by atomic mass is 10.1. The molecule has 2 amide bonds. The van der Waals surface area contributed by atoms with Crippen molar-refractivity contribution in [2.24, 2.45) is 0 Å². The largest absolute Gasteiger partial charge is 0.431 e. The number of rotatable bonds is 1. The normalized spacial score (nSPS) is 27.4. The van der Waals surface area contributed by atoms with Crippen molar-refractivity contribution in [1.82, 2.24) is 4.90 Å². The van der Waals surface area contributed by atoms with Gasteiger partial charge in [0, 0.05) is 7.05 Å². The second-order valence-electron chi connectivity index (χ2n) is 3.99. The highest BCUT2D eigenvalue weighted by atomic mass is 19.4. The number of hydrogen-bond donors (Lipinski definition) is 0. The Morgan fingerprint density at radius 3 is 2.31 bits per heavy atom. The van der Waals surface area contributed by atoms with Crippen LogP contribution in [0.2, 0.25) is 0 Å². The van der Waals surface area contributed by atoms with Crippen molar-refractivity contribution >= 4 is 12.3 Å². The number of carbonyl (C=O) groups excluding carboxylic acids is 2. The second kappa shape index (κ2) is 3.58.